The van der Waals surface area contributed by atoms with Gasteiger partial charge in [-0.3, -0.25) is 0 Å². The van der Waals surface area contributed by atoms with Crippen molar-refractivity contribution in [3.05, 3.63) is 42.0 Å². The van der Waals surface area contributed by atoms with Crippen LogP contribution in [0.1, 0.15) is 10.4 Å². The highest BCUT2D eigenvalue weighted by Crippen LogP contribution is 2.30. The molecule has 0 saturated heterocycles. The molecule has 0 bridgehead atoms. The molecule has 2 aromatic rings. The minimum atomic E-state index is -4.46. The van der Waals surface area contributed by atoms with Crippen LogP contribution in [0.4, 0.5) is 13.2 Å². The van der Waals surface area contributed by atoms with E-state index >= 15 is 0 Å². The fourth-order valence-corrected chi connectivity index (χ4v) is 1.82. The van der Waals surface area contributed by atoms with Crippen LogP contribution in [0, 0.1) is 0 Å². The molecule has 0 spiro atoms. The predicted molar refractivity (Wildman–Crippen MR) is 68.4 cm³/mol. The van der Waals surface area contributed by atoms with Crippen molar-refractivity contribution in [3.8, 4) is 5.75 Å². The van der Waals surface area contributed by atoms with Crippen LogP contribution in [0.15, 0.2) is 36.4 Å². The number of aromatic carboxylic acids is 1. The van der Waals surface area contributed by atoms with Gasteiger partial charge in [-0.05, 0) is 11.5 Å². The van der Waals surface area contributed by atoms with Crippen molar-refractivity contribution in [1.82, 2.24) is 0 Å². The van der Waals surface area contributed by atoms with Gasteiger partial charge in [0.05, 0.1) is 0 Å². The second kappa shape index (κ2) is 6.01. The Morgan fingerprint density at radius 2 is 1.86 bits per heavy atom. The van der Waals surface area contributed by atoms with E-state index in [1.54, 1.807) is 30.3 Å². The van der Waals surface area contributed by atoms with Gasteiger partial charge in [0.15, 0.2) is 6.79 Å². The minimum absolute atomic E-state index is 0.0113. The Morgan fingerprint density at radius 3 is 2.52 bits per heavy atom. The predicted octanol–water partition coefficient (Wildman–Crippen LogP) is 3.45. The molecule has 0 radical (unpaired) electrons. The number of fused-ring (bicyclic) bond motifs is 1. The van der Waals surface area contributed by atoms with Crippen LogP contribution in [-0.4, -0.2) is 30.7 Å². The van der Waals surface area contributed by atoms with Crippen LogP contribution in [-0.2, 0) is 4.74 Å². The lowest BCUT2D eigenvalue weighted by molar-refractivity contribution is -0.186. The third-order valence-corrected chi connectivity index (χ3v) is 2.66. The molecule has 1 N–H and O–H groups in total. The zero-order chi connectivity index (χ0) is 15.5. The number of rotatable bonds is 5. The fourth-order valence-electron chi connectivity index (χ4n) is 1.82. The molecule has 0 aromatic heterocycles. The smallest absolute Gasteiger partial charge is 0.411 e. The molecule has 112 valence electrons. The second-order valence-corrected chi connectivity index (χ2v) is 4.19. The van der Waals surface area contributed by atoms with Crippen LogP contribution in [0.25, 0.3) is 10.8 Å². The number of hydrogen-bond acceptors (Lipinski definition) is 3. The SMILES string of the molecule is O=C(O)c1ccc2ccccc2c1OCOCC(F)(F)F. The topological polar surface area (TPSA) is 55.8 Å². The molecule has 0 atom stereocenters. The fraction of sp³-hybridized carbons (Fsp3) is 0.214. The average Bonchev–Trinajstić information content (AvgIpc) is 2.42. The van der Waals surface area contributed by atoms with Gasteiger partial charge in [-0.2, -0.15) is 13.2 Å². The molecule has 2 rings (SSSR count). The highest BCUT2D eigenvalue weighted by molar-refractivity contribution is 6.00. The number of benzene rings is 2. The number of carboxylic acid groups (broad SMARTS) is 1. The molecule has 0 saturated carbocycles. The summed E-state index contributed by atoms with van der Waals surface area (Å²) in [5.74, 6) is -1.24. The summed E-state index contributed by atoms with van der Waals surface area (Å²) in [6, 6.07) is 9.74. The summed E-state index contributed by atoms with van der Waals surface area (Å²) in [6.45, 7) is -2.14. The van der Waals surface area contributed by atoms with E-state index < -0.39 is 25.5 Å². The van der Waals surface area contributed by atoms with Gasteiger partial charge < -0.3 is 14.6 Å². The Bertz CT molecular complexity index is 652. The first kappa shape index (κ1) is 15.1. The second-order valence-electron chi connectivity index (χ2n) is 4.19. The van der Waals surface area contributed by atoms with E-state index in [1.165, 1.54) is 6.07 Å². The Balaban J connectivity index is 2.23. The molecule has 0 amide bonds. The van der Waals surface area contributed by atoms with Crippen molar-refractivity contribution in [1.29, 1.82) is 0 Å². The number of alkyl halides is 3. The minimum Gasteiger partial charge on any atom is -0.478 e. The molecule has 0 fully saturated rings. The first-order valence-corrected chi connectivity index (χ1v) is 5.91. The van der Waals surface area contributed by atoms with Crippen molar-refractivity contribution in [2.75, 3.05) is 13.4 Å². The number of hydrogen-bond donors (Lipinski definition) is 1. The van der Waals surface area contributed by atoms with E-state index in [0.717, 1.165) is 0 Å². The summed E-state index contributed by atoms with van der Waals surface area (Å²) in [7, 11) is 0. The monoisotopic (exact) mass is 300 g/mol. The number of carboxylic acids is 1. The van der Waals surface area contributed by atoms with Crippen molar-refractivity contribution < 1.29 is 32.5 Å². The third kappa shape index (κ3) is 3.85. The quantitative estimate of drug-likeness (QED) is 0.678. The first-order valence-electron chi connectivity index (χ1n) is 5.91. The molecule has 0 aliphatic heterocycles. The Morgan fingerprint density at radius 1 is 1.14 bits per heavy atom. The van der Waals surface area contributed by atoms with Crippen LogP contribution < -0.4 is 4.74 Å². The molecule has 2 aromatic carbocycles. The maximum absolute atomic E-state index is 12.0. The highest BCUT2D eigenvalue weighted by atomic mass is 19.4. The van der Waals surface area contributed by atoms with E-state index in [-0.39, 0.29) is 11.3 Å². The van der Waals surface area contributed by atoms with E-state index in [4.69, 9.17) is 9.84 Å². The maximum atomic E-state index is 12.0. The average molecular weight is 300 g/mol. The lowest BCUT2D eigenvalue weighted by Crippen LogP contribution is -2.19. The van der Waals surface area contributed by atoms with Gasteiger partial charge >= 0.3 is 12.1 Å². The zero-order valence-electron chi connectivity index (χ0n) is 10.7. The van der Waals surface area contributed by atoms with Crippen molar-refractivity contribution in [2.24, 2.45) is 0 Å². The summed E-state index contributed by atoms with van der Waals surface area (Å²) in [5.41, 5.74) is -0.135. The molecule has 0 heterocycles. The summed E-state index contributed by atoms with van der Waals surface area (Å²) >= 11 is 0. The summed E-state index contributed by atoms with van der Waals surface area (Å²) in [4.78, 5) is 11.2. The van der Waals surface area contributed by atoms with Gasteiger partial charge in [-0.1, -0.05) is 30.3 Å². The number of carbonyl (C=O) groups is 1. The van der Waals surface area contributed by atoms with Crippen molar-refractivity contribution in [3.63, 3.8) is 0 Å². The van der Waals surface area contributed by atoms with Crippen LogP contribution in [0.2, 0.25) is 0 Å². The molecule has 0 unspecified atom stereocenters. The Kier molecular flexibility index (Phi) is 4.32. The van der Waals surface area contributed by atoms with Crippen LogP contribution >= 0.6 is 0 Å². The zero-order valence-corrected chi connectivity index (χ0v) is 10.7. The molecule has 0 aliphatic carbocycles. The molecular weight excluding hydrogens is 289 g/mol. The van der Waals surface area contributed by atoms with E-state index in [1.807, 2.05) is 0 Å². The van der Waals surface area contributed by atoms with E-state index in [0.29, 0.717) is 10.8 Å². The molecule has 4 nitrogen and oxygen atoms in total. The standard InChI is InChI=1S/C14H11F3O4/c15-14(16,17)7-20-8-21-12-10-4-2-1-3-9(10)5-6-11(12)13(18)19/h1-6H,7-8H2,(H,18,19). The lowest BCUT2D eigenvalue weighted by Gasteiger charge is -2.13. The largest absolute Gasteiger partial charge is 0.478 e. The highest BCUT2D eigenvalue weighted by Gasteiger charge is 2.27. The summed E-state index contributed by atoms with van der Waals surface area (Å²) in [5, 5.41) is 10.3. The lowest BCUT2D eigenvalue weighted by atomic mass is 10.1. The van der Waals surface area contributed by atoms with Crippen molar-refractivity contribution in [2.45, 2.75) is 6.18 Å². The maximum Gasteiger partial charge on any atom is 0.411 e. The Labute approximate surface area is 117 Å². The number of ether oxygens (including phenoxy) is 2. The third-order valence-electron chi connectivity index (χ3n) is 2.66. The van der Waals surface area contributed by atoms with Gasteiger partial charge in [0.2, 0.25) is 0 Å². The van der Waals surface area contributed by atoms with Gasteiger partial charge in [0.1, 0.15) is 17.9 Å². The molecule has 0 aliphatic rings. The first-order chi connectivity index (χ1) is 9.88. The Hall–Kier alpha value is -2.28. The molecule has 7 heteroatoms. The van der Waals surface area contributed by atoms with Crippen molar-refractivity contribution >= 4 is 16.7 Å². The van der Waals surface area contributed by atoms with Crippen LogP contribution in [0.5, 0.6) is 5.75 Å². The van der Waals surface area contributed by atoms with E-state index in [9.17, 15) is 18.0 Å². The van der Waals surface area contributed by atoms with Gasteiger partial charge in [0.25, 0.3) is 0 Å². The normalized spacial score (nSPS) is 11.6. The van der Waals surface area contributed by atoms with Gasteiger partial charge in [-0.15, -0.1) is 0 Å². The molecule has 21 heavy (non-hydrogen) atoms. The van der Waals surface area contributed by atoms with Gasteiger partial charge in [0, 0.05) is 5.39 Å². The van der Waals surface area contributed by atoms with Crippen LogP contribution in [0.3, 0.4) is 0 Å². The van der Waals surface area contributed by atoms with Gasteiger partial charge in [-0.25, -0.2) is 4.79 Å². The summed E-state index contributed by atoms with van der Waals surface area (Å²) in [6.07, 6.45) is -4.46. The number of halogens is 3. The summed E-state index contributed by atoms with van der Waals surface area (Å²) < 4.78 is 45.4. The van der Waals surface area contributed by atoms with E-state index in [2.05, 4.69) is 4.74 Å². The molecular formula is C14H11F3O4.